The molecular weight excluding hydrogens is 365 g/mol. The van der Waals surface area contributed by atoms with E-state index in [-0.39, 0.29) is 17.3 Å². The van der Waals surface area contributed by atoms with E-state index in [1.165, 1.54) is 6.07 Å². The Labute approximate surface area is 134 Å². The monoisotopic (exact) mass is 373 g/mol. The summed E-state index contributed by atoms with van der Waals surface area (Å²) in [5.74, 6) is -0.266. The number of halogens is 3. The van der Waals surface area contributed by atoms with Crippen LogP contribution in [0.2, 0.25) is 5.02 Å². The third kappa shape index (κ3) is 3.69. The van der Waals surface area contributed by atoms with Gasteiger partial charge in [-0.05, 0) is 24.3 Å². The molecule has 0 saturated heterocycles. The average Bonchev–Trinajstić information content (AvgIpc) is 2.38. The fraction of sp³-hybridized carbons (Fsp3) is 0.0714. The van der Waals surface area contributed by atoms with E-state index in [0.717, 1.165) is 5.56 Å². The molecule has 6 heteroatoms. The highest BCUT2D eigenvalue weighted by molar-refractivity contribution is 9.10. The molecule has 0 atom stereocenters. The Morgan fingerprint density at radius 1 is 1.30 bits per heavy atom. The topological polar surface area (TPSA) is 35.2 Å². The van der Waals surface area contributed by atoms with Gasteiger partial charge in [0, 0.05) is 20.6 Å². The average molecular weight is 375 g/mol. The molecule has 0 unspecified atom stereocenters. The molecule has 0 amide bonds. The molecule has 2 aromatic rings. The first kappa shape index (κ1) is 15.2. The molecule has 0 spiro atoms. The van der Waals surface area contributed by atoms with Crippen LogP contribution in [-0.2, 0) is 6.61 Å². The maximum absolute atomic E-state index is 13.6. The van der Waals surface area contributed by atoms with Gasteiger partial charge in [-0.2, -0.15) is 0 Å². The van der Waals surface area contributed by atoms with Gasteiger partial charge in [-0.3, -0.25) is 0 Å². The maximum atomic E-state index is 13.6. The summed E-state index contributed by atoms with van der Waals surface area (Å²) >= 11 is 14.2. The van der Waals surface area contributed by atoms with Crippen molar-refractivity contribution in [3.8, 4) is 5.75 Å². The number of rotatable bonds is 4. The highest BCUT2D eigenvalue weighted by Gasteiger charge is 2.07. The molecule has 0 aliphatic carbocycles. The first-order valence-corrected chi connectivity index (χ1v) is 7.21. The Morgan fingerprint density at radius 2 is 2.05 bits per heavy atom. The zero-order valence-electron chi connectivity index (χ0n) is 10.2. The highest BCUT2D eigenvalue weighted by Crippen LogP contribution is 2.24. The molecule has 0 bridgehead atoms. The number of ether oxygens (including phenoxy) is 1. The molecule has 0 radical (unpaired) electrons. The van der Waals surface area contributed by atoms with E-state index in [2.05, 4.69) is 15.9 Å². The maximum Gasteiger partial charge on any atom is 0.166 e. The quantitative estimate of drug-likeness (QED) is 0.803. The third-order valence-corrected chi connectivity index (χ3v) is 3.70. The van der Waals surface area contributed by atoms with Gasteiger partial charge in [0.2, 0.25) is 0 Å². The van der Waals surface area contributed by atoms with Crippen molar-refractivity contribution in [2.24, 2.45) is 5.73 Å². The molecule has 0 heterocycles. The van der Waals surface area contributed by atoms with Gasteiger partial charge >= 0.3 is 0 Å². The molecule has 0 aromatic heterocycles. The summed E-state index contributed by atoms with van der Waals surface area (Å²) in [5.41, 5.74) is 6.93. The van der Waals surface area contributed by atoms with Crippen LogP contribution < -0.4 is 10.5 Å². The third-order valence-electron chi connectivity index (χ3n) is 2.61. The second-order valence-electron chi connectivity index (χ2n) is 4.03. The van der Waals surface area contributed by atoms with Crippen LogP contribution in [0.3, 0.4) is 0 Å². The van der Waals surface area contributed by atoms with Crippen LogP contribution in [-0.4, -0.2) is 4.99 Å². The Morgan fingerprint density at radius 3 is 2.65 bits per heavy atom. The zero-order chi connectivity index (χ0) is 14.7. The highest BCUT2D eigenvalue weighted by atomic mass is 79.9. The molecule has 2 aromatic carbocycles. The number of benzene rings is 2. The summed E-state index contributed by atoms with van der Waals surface area (Å²) in [5, 5.41) is 0.479. The van der Waals surface area contributed by atoms with Crippen molar-refractivity contribution in [1.82, 2.24) is 0 Å². The molecule has 0 aliphatic rings. The molecule has 0 fully saturated rings. The summed E-state index contributed by atoms with van der Waals surface area (Å²) in [7, 11) is 0. The number of hydrogen-bond acceptors (Lipinski definition) is 2. The Kier molecular flexibility index (Phi) is 4.96. The van der Waals surface area contributed by atoms with Crippen LogP contribution in [0, 0.1) is 5.82 Å². The Hall–Kier alpha value is -1.17. The van der Waals surface area contributed by atoms with E-state index in [4.69, 9.17) is 34.3 Å². The predicted octanol–water partition coefficient (Wildman–Crippen LogP) is 4.45. The second kappa shape index (κ2) is 6.52. The smallest absolute Gasteiger partial charge is 0.166 e. The van der Waals surface area contributed by atoms with Gasteiger partial charge in [-0.1, -0.05) is 51.9 Å². The molecule has 0 aliphatic heterocycles. The van der Waals surface area contributed by atoms with E-state index < -0.39 is 5.82 Å². The summed E-state index contributed by atoms with van der Waals surface area (Å²) in [4.78, 5) is 0.276. The van der Waals surface area contributed by atoms with Crippen LogP contribution in [0.5, 0.6) is 5.75 Å². The molecule has 20 heavy (non-hydrogen) atoms. The SMILES string of the molecule is NC(=S)c1ccc(COc2ccc(Br)cc2F)c(Cl)c1. The van der Waals surface area contributed by atoms with E-state index >= 15 is 0 Å². The van der Waals surface area contributed by atoms with Crippen molar-refractivity contribution in [2.75, 3.05) is 0 Å². The van der Waals surface area contributed by atoms with Crippen molar-refractivity contribution in [1.29, 1.82) is 0 Å². The Balaban J connectivity index is 2.13. The van der Waals surface area contributed by atoms with Gasteiger partial charge < -0.3 is 10.5 Å². The molecule has 2 N–H and O–H groups in total. The van der Waals surface area contributed by atoms with Crippen molar-refractivity contribution >= 4 is 44.7 Å². The molecule has 0 saturated carbocycles. The van der Waals surface area contributed by atoms with Crippen LogP contribution in [0.1, 0.15) is 11.1 Å². The molecular formula is C14H10BrClFNOS. The standard InChI is InChI=1S/C14H10BrClFNOS/c15-10-3-4-13(12(17)6-10)19-7-9-2-1-8(14(18)20)5-11(9)16/h1-6H,7H2,(H2,18,20). The van der Waals surface area contributed by atoms with Crippen molar-refractivity contribution < 1.29 is 9.13 Å². The Bertz CT molecular complexity index is 666. The van der Waals surface area contributed by atoms with Gasteiger partial charge in [-0.15, -0.1) is 0 Å². The summed E-state index contributed by atoms with van der Waals surface area (Å²) in [6.07, 6.45) is 0. The number of thiocarbonyl (C=S) groups is 1. The fourth-order valence-corrected chi connectivity index (χ4v) is 2.26. The van der Waals surface area contributed by atoms with Crippen molar-refractivity contribution in [3.63, 3.8) is 0 Å². The lowest BCUT2D eigenvalue weighted by atomic mass is 10.1. The zero-order valence-corrected chi connectivity index (χ0v) is 13.4. The number of nitrogens with two attached hydrogens (primary N) is 1. The lowest BCUT2D eigenvalue weighted by Gasteiger charge is -2.10. The summed E-state index contributed by atoms with van der Waals surface area (Å²) < 4.78 is 19.7. The minimum atomic E-state index is -0.435. The van der Waals surface area contributed by atoms with E-state index in [0.29, 0.717) is 15.1 Å². The lowest BCUT2D eigenvalue weighted by molar-refractivity contribution is 0.290. The van der Waals surface area contributed by atoms with E-state index in [9.17, 15) is 4.39 Å². The summed E-state index contributed by atoms with van der Waals surface area (Å²) in [6, 6.07) is 9.78. The largest absolute Gasteiger partial charge is 0.486 e. The van der Waals surface area contributed by atoms with Gasteiger partial charge in [0.15, 0.2) is 11.6 Å². The molecule has 104 valence electrons. The first-order valence-electron chi connectivity index (χ1n) is 5.63. The van der Waals surface area contributed by atoms with Gasteiger partial charge in [0.25, 0.3) is 0 Å². The van der Waals surface area contributed by atoms with Gasteiger partial charge in [0.1, 0.15) is 11.6 Å². The minimum absolute atomic E-state index is 0.162. The van der Waals surface area contributed by atoms with Gasteiger partial charge in [-0.25, -0.2) is 4.39 Å². The normalized spacial score (nSPS) is 10.3. The lowest BCUT2D eigenvalue weighted by Crippen LogP contribution is -2.09. The van der Waals surface area contributed by atoms with Crippen LogP contribution in [0.4, 0.5) is 4.39 Å². The van der Waals surface area contributed by atoms with E-state index in [1.807, 2.05) is 0 Å². The predicted molar refractivity (Wildman–Crippen MR) is 85.8 cm³/mol. The second-order valence-corrected chi connectivity index (χ2v) is 5.80. The van der Waals surface area contributed by atoms with E-state index in [1.54, 1.807) is 30.3 Å². The van der Waals surface area contributed by atoms with Crippen LogP contribution in [0.15, 0.2) is 40.9 Å². The van der Waals surface area contributed by atoms with Gasteiger partial charge in [0.05, 0.1) is 0 Å². The molecule has 2 nitrogen and oxygen atoms in total. The van der Waals surface area contributed by atoms with Crippen LogP contribution in [0.25, 0.3) is 0 Å². The number of hydrogen-bond donors (Lipinski definition) is 1. The first-order chi connectivity index (χ1) is 9.47. The fourth-order valence-electron chi connectivity index (χ4n) is 1.57. The summed E-state index contributed by atoms with van der Waals surface area (Å²) in [6.45, 7) is 0.162. The minimum Gasteiger partial charge on any atom is -0.486 e. The van der Waals surface area contributed by atoms with Crippen LogP contribution >= 0.6 is 39.7 Å². The van der Waals surface area contributed by atoms with Crippen molar-refractivity contribution in [2.45, 2.75) is 6.61 Å². The van der Waals surface area contributed by atoms with Crippen molar-refractivity contribution in [3.05, 3.63) is 62.8 Å². The molecule has 2 rings (SSSR count).